The molecule has 0 saturated heterocycles. The Morgan fingerprint density at radius 2 is 1.91 bits per heavy atom. The van der Waals surface area contributed by atoms with Gasteiger partial charge in [0.2, 0.25) is 0 Å². The van der Waals surface area contributed by atoms with E-state index in [1.807, 2.05) is 67.1 Å². The monoisotopic (exact) mass is 469 g/mol. The summed E-state index contributed by atoms with van der Waals surface area (Å²) in [7, 11) is 1.67. The van der Waals surface area contributed by atoms with Crippen molar-refractivity contribution in [3.8, 4) is 11.1 Å². The standard InChI is InChI=1S/C25H27NO4S2/c1-16-7-4-5-8-18(16)20-15-17(23(30-2)22-9-6-13-32-22)10-11-19(20)24(27)26-21(25(28)29)12-14-31-3/h4-11,13,15,21,23H,12,14H2,1-3H3,(H,26,27)(H,28,29). The molecule has 5 nitrogen and oxygen atoms in total. The maximum absolute atomic E-state index is 13.2. The molecule has 2 aromatic carbocycles. The first-order chi connectivity index (χ1) is 15.5. The lowest BCUT2D eigenvalue weighted by atomic mass is 9.92. The zero-order valence-corrected chi connectivity index (χ0v) is 20.0. The van der Waals surface area contributed by atoms with Crippen molar-refractivity contribution in [1.82, 2.24) is 5.32 Å². The van der Waals surface area contributed by atoms with Gasteiger partial charge in [-0.3, -0.25) is 4.79 Å². The summed E-state index contributed by atoms with van der Waals surface area (Å²) in [6.07, 6.45) is 2.03. The Balaban J connectivity index is 2.04. The Morgan fingerprint density at radius 1 is 1.12 bits per heavy atom. The molecule has 2 atom stereocenters. The van der Waals surface area contributed by atoms with Crippen LogP contribution in [-0.2, 0) is 9.53 Å². The van der Waals surface area contributed by atoms with Crippen molar-refractivity contribution >= 4 is 35.0 Å². The molecule has 32 heavy (non-hydrogen) atoms. The van der Waals surface area contributed by atoms with Gasteiger partial charge in [-0.05, 0) is 71.2 Å². The average molecular weight is 470 g/mol. The molecule has 0 bridgehead atoms. The second-order valence-corrected chi connectivity index (χ2v) is 9.36. The van der Waals surface area contributed by atoms with Crippen molar-refractivity contribution in [1.29, 1.82) is 0 Å². The van der Waals surface area contributed by atoms with Crippen LogP contribution in [0, 0.1) is 6.92 Å². The van der Waals surface area contributed by atoms with Crippen LogP contribution in [0.2, 0.25) is 0 Å². The maximum Gasteiger partial charge on any atom is 0.326 e. The van der Waals surface area contributed by atoms with Gasteiger partial charge in [-0.15, -0.1) is 11.3 Å². The molecule has 7 heteroatoms. The number of thioether (sulfide) groups is 1. The molecular weight excluding hydrogens is 442 g/mol. The third-order valence-electron chi connectivity index (χ3n) is 5.28. The van der Waals surface area contributed by atoms with Crippen molar-refractivity contribution < 1.29 is 19.4 Å². The molecule has 3 aromatic rings. The first-order valence-electron chi connectivity index (χ1n) is 10.2. The quantitative estimate of drug-likeness (QED) is 0.416. The van der Waals surface area contributed by atoms with Gasteiger partial charge in [-0.25, -0.2) is 4.79 Å². The Labute approximate surface area is 196 Å². The lowest BCUT2D eigenvalue weighted by molar-refractivity contribution is -0.139. The van der Waals surface area contributed by atoms with Crippen molar-refractivity contribution in [2.24, 2.45) is 0 Å². The second kappa shape index (κ2) is 11.3. The van der Waals surface area contributed by atoms with Crippen molar-refractivity contribution in [2.45, 2.75) is 25.5 Å². The number of hydrogen-bond acceptors (Lipinski definition) is 5. The van der Waals surface area contributed by atoms with Gasteiger partial charge in [0.25, 0.3) is 5.91 Å². The van der Waals surface area contributed by atoms with Gasteiger partial charge < -0.3 is 15.2 Å². The highest BCUT2D eigenvalue weighted by molar-refractivity contribution is 7.98. The van der Waals surface area contributed by atoms with Crippen LogP contribution in [0.15, 0.2) is 60.0 Å². The van der Waals surface area contributed by atoms with Gasteiger partial charge >= 0.3 is 5.97 Å². The van der Waals surface area contributed by atoms with E-state index in [9.17, 15) is 14.7 Å². The van der Waals surface area contributed by atoms with E-state index in [1.165, 1.54) is 0 Å². The molecule has 0 aliphatic heterocycles. The fraction of sp³-hybridized carbons (Fsp3) is 0.280. The number of thiophene rings is 1. The summed E-state index contributed by atoms with van der Waals surface area (Å²) in [4.78, 5) is 25.9. The van der Waals surface area contributed by atoms with Gasteiger partial charge in [0.15, 0.2) is 0 Å². The number of nitrogens with one attached hydrogen (secondary N) is 1. The number of carbonyl (C=O) groups is 2. The molecule has 2 unspecified atom stereocenters. The topological polar surface area (TPSA) is 75.6 Å². The van der Waals surface area contributed by atoms with Crippen molar-refractivity contribution in [3.63, 3.8) is 0 Å². The van der Waals surface area contributed by atoms with Crippen LogP contribution in [0.4, 0.5) is 0 Å². The summed E-state index contributed by atoms with van der Waals surface area (Å²) in [5, 5.41) is 14.3. The fourth-order valence-electron chi connectivity index (χ4n) is 3.61. The molecule has 0 aliphatic rings. The van der Waals surface area contributed by atoms with Gasteiger partial charge in [0.1, 0.15) is 12.1 Å². The molecule has 1 amide bonds. The lowest BCUT2D eigenvalue weighted by Crippen LogP contribution is -2.41. The predicted molar refractivity (Wildman–Crippen MR) is 132 cm³/mol. The highest BCUT2D eigenvalue weighted by Crippen LogP contribution is 2.34. The van der Waals surface area contributed by atoms with Crippen LogP contribution >= 0.6 is 23.1 Å². The number of amides is 1. The van der Waals surface area contributed by atoms with Crippen LogP contribution in [0.1, 0.15) is 38.9 Å². The number of carboxylic acid groups (broad SMARTS) is 1. The molecule has 0 saturated carbocycles. The average Bonchev–Trinajstić information content (AvgIpc) is 3.31. The lowest BCUT2D eigenvalue weighted by Gasteiger charge is -2.20. The van der Waals surface area contributed by atoms with E-state index in [0.29, 0.717) is 17.7 Å². The third-order valence-corrected chi connectivity index (χ3v) is 6.84. The van der Waals surface area contributed by atoms with Gasteiger partial charge in [-0.1, -0.05) is 36.4 Å². The highest BCUT2D eigenvalue weighted by atomic mass is 32.2. The van der Waals surface area contributed by atoms with Crippen LogP contribution in [-0.4, -0.2) is 42.1 Å². The van der Waals surface area contributed by atoms with E-state index in [1.54, 1.807) is 36.3 Å². The Hall–Kier alpha value is -2.61. The minimum Gasteiger partial charge on any atom is -0.480 e. The summed E-state index contributed by atoms with van der Waals surface area (Å²) in [5.41, 5.74) is 4.09. The number of hydrogen-bond donors (Lipinski definition) is 2. The number of ether oxygens (including phenoxy) is 1. The predicted octanol–water partition coefficient (Wildman–Crippen LogP) is 5.40. The number of aliphatic carboxylic acids is 1. The number of aryl methyl sites for hydroxylation is 1. The molecule has 0 spiro atoms. The third kappa shape index (κ3) is 5.59. The Kier molecular flexibility index (Phi) is 8.50. The molecule has 0 radical (unpaired) electrons. The van der Waals surface area contributed by atoms with Gasteiger partial charge in [-0.2, -0.15) is 11.8 Å². The minimum absolute atomic E-state index is 0.247. The largest absolute Gasteiger partial charge is 0.480 e. The number of rotatable bonds is 10. The molecule has 168 valence electrons. The van der Waals surface area contributed by atoms with Crippen molar-refractivity contribution in [3.05, 3.63) is 81.5 Å². The normalized spacial score (nSPS) is 12.8. The van der Waals surface area contributed by atoms with Crippen LogP contribution in [0.5, 0.6) is 0 Å². The van der Waals surface area contributed by atoms with Gasteiger partial charge in [0, 0.05) is 17.6 Å². The smallest absolute Gasteiger partial charge is 0.326 e. The minimum atomic E-state index is -1.03. The van der Waals surface area contributed by atoms with E-state index in [0.717, 1.165) is 27.1 Å². The molecule has 1 aromatic heterocycles. The first kappa shape index (κ1) is 24.0. The molecule has 0 aliphatic carbocycles. The maximum atomic E-state index is 13.2. The zero-order valence-electron chi connectivity index (χ0n) is 18.3. The summed E-state index contributed by atoms with van der Waals surface area (Å²) in [5.74, 6) is -0.774. The summed E-state index contributed by atoms with van der Waals surface area (Å²) < 4.78 is 5.77. The van der Waals surface area contributed by atoms with E-state index >= 15 is 0 Å². The Morgan fingerprint density at radius 3 is 2.53 bits per heavy atom. The number of carboxylic acids is 1. The highest BCUT2D eigenvalue weighted by Gasteiger charge is 2.24. The van der Waals surface area contributed by atoms with Crippen LogP contribution in [0.25, 0.3) is 11.1 Å². The molecule has 2 N–H and O–H groups in total. The summed E-state index contributed by atoms with van der Waals surface area (Å²) >= 11 is 3.16. The van der Waals surface area contributed by atoms with Gasteiger partial charge in [0.05, 0.1) is 0 Å². The molecule has 0 fully saturated rings. The second-order valence-electron chi connectivity index (χ2n) is 7.40. The van der Waals surface area contributed by atoms with Crippen LogP contribution in [0.3, 0.4) is 0 Å². The number of methoxy groups -OCH3 is 1. The number of carbonyl (C=O) groups excluding carboxylic acids is 1. The van der Waals surface area contributed by atoms with E-state index in [2.05, 4.69) is 5.32 Å². The molecular formula is C25H27NO4S2. The van der Waals surface area contributed by atoms with Crippen molar-refractivity contribution in [2.75, 3.05) is 19.1 Å². The number of benzene rings is 2. The summed E-state index contributed by atoms with van der Waals surface area (Å²) in [6, 6.07) is 16.5. The Bertz CT molecular complexity index is 1070. The molecule has 1 heterocycles. The SMILES string of the molecule is COC(c1ccc(C(=O)NC(CCSC)C(=O)O)c(-c2ccccc2C)c1)c1cccs1. The van der Waals surface area contributed by atoms with Crippen LogP contribution < -0.4 is 5.32 Å². The molecule has 3 rings (SSSR count). The zero-order chi connectivity index (χ0) is 23.1. The van der Waals surface area contributed by atoms with E-state index in [-0.39, 0.29) is 6.10 Å². The fourth-order valence-corrected chi connectivity index (χ4v) is 4.91. The first-order valence-corrected chi connectivity index (χ1v) is 12.5. The summed E-state index contributed by atoms with van der Waals surface area (Å²) in [6.45, 7) is 2.00. The van der Waals surface area contributed by atoms with E-state index in [4.69, 9.17) is 4.74 Å². The van der Waals surface area contributed by atoms with E-state index < -0.39 is 17.9 Å².